The number of hydrogen-bond acceptors (Lipinski definition) is 4. The van der Waals surface area contributed by atoms with E-state index in [0.29, 0.717) is 37.4 Å². The van der Waals surface area contributed by atoms with Gasteiger partial charge in [-0.2, -0.15) is 0 Å². The predicted octanol–water partition coefficient (Wildman–Crippen LogP) is 2.37. The number of H-pyrrole nitrogens is 1. The monoisotopic (exact) mass is 355 g/mol. The molecule has 1 aromatic heterocycles. The van der Waals surface area contributed by atoms with Crippen molar-refractivity contribution in [3.8, 4) is 0 Å². The van der Waals surface area contributed by atoms with Crippen LogP contribution in [-0.4, -0.2) is 41.0 Å². The summed E-state index contributed by atoms with van der Waals surface area (Å²) >= 11 is 0. The minimum atomic E-state index is -0.156. The highest BCUT2D eigenvalue weighted by atomic mass is 16.5. The van der Waals surface area contributed by atoms with Crippen LogP contribution in [0.4, 0.5) is 0 Å². The molecule has 1 amide bonds. The fourth-order valence-electron chi connectivity index (χ4n) is 3.48. The average molecular weight is 355 g/mol. The number of likely N-dealkylation sites (tertiary alicyclic amines) is 1. The molecule has 2 aromatic rings. The second-order valence-electron chi connectivity index (χ2n) is 6.67. The van der Waals surface area contributed by atoms with E-state index in [1.54, 1.807) is 7.11 Å². The summed E-state index contributed by atoms with van der Waals surface area (Å²) in [5.74, 6) is 0.635. The van der Waals surface area contributed by atoms with E-state index in [1.807, 2.05) is 42.2 Å². The molecule has 6 heteroatoms. The van der Waals surface area contributed by atoms with Crippen molar-refractivity contribution < 1.29 is 9.53 Å². The molecule has 1 atom stereocenters. The number of carbonyl (C=O) groups excluding carboxylic acids is 1. The molecule has 1 aliphatic rings. The van der Waals surface area contributed by atoms with Crippen LogP contribution in [0.3, 0.4) is 0 Å². The van der Waals surface area contributed by atoms with Crippen molar-refractivity contribution >= 4 is 5.91 Å². The Labute approximate surface area is 153 Å². The molecule has 26 heavy (non-hydrogen) atoms. The second-order valence-corrected chi connectivity index (χ2v) is 6.67. The number of aryl methyl sites for hydroxylation is 1. The summed E-state index contributed by atoms with van der Waals surface area (Å²) < 4.78 is 5.00. The Morgan fingerprint density at radius 3 is 2.81 bits per heavy atom. The first-order valence-electron chi connectivity index (χ1n) is 9.02. The van der Waals surface area contributed by atoms with E-state index in [0.717, 1.165) is 24.1 Å². The minimum Gasteiger partial charge on any atom is -0.384 e. The normalized spacial score (nSPS) is 16.8. The molecular weight excluding hydrogens is 330 g/mol. The number of aromatic amines is 1. The average Bonchev–Trinajstić information content (AvgIpc) is 3.13. The Balaban J connectivity index is 1.83. The second kappa shape index (κ2) is 8.27. The first-order chi connectivity index (χ1) is 12.6. The smallest absolute Gasteiger partial charge is 0.254 e. The molecule has 6 nitrogen and oxygen atoms in total. The Morgan fingerprint density at radius 2 is 2.12 bits per heavy atom. The van der Waals surface area contributed by atoms with Crippen LogP contribution in [0.1, 0.15) is 47.9 Å². The van der Waals surface area contributed by atoms with Crippen LogP contribution < -0.4 is 5.56 Å². The van der Waals surface area contributed by atoms with Crippen molar-refractivity contribution in [3.63, 3.8) is 0 Å². The molecule has 1 fully saturated rings. The highest BCUT2D eigenvalue weighted by molar-refractivity contribution is 5.77. The van der Waals surface area contributed by atoms with E-state index in [2.05, 4.69) is 9.97 Å². The van der Waals surface area contributed by atoms with Gasteiger partial charge >= 0.3 is 0 Å². The molecule has 1 aromatic carbocycles. The largest absolute Gasteiger partial charge is 0.384 e. The molecular formula is C20H25N3O3. The zero-order valence-electron chi connectivity index (χ0n) is 15.3. The van der Waals surface area contributed by atoms with Crippen LogP contribution in [0.5, 0.6) is 0 Å². The van der Waals surface area contributed by atoms with Gasteiger partial charge in [-0.05, 0) is 25.3 Å². The predicted molar refractivity (Wildman–Crippen MR) is 99.0 cm³/mol. The SMILES string of the molecule is COCCC(=O)N1CCCC1c1nc(C)c(Cc2ccccc2)c(=O)[nH]1. The number of carbonyl (C=O) groups is 1. The molecule has 3 rings (SSSR count). The zero-order chi connectivity index (χ0) is 18.5. The van der Waals surface area contributed by atoms with Gasteiger partial charge < -0.3 is 14.6 Å². The third kappa shape index (κ3) is 4.02. The lowest BCUT2D eigenvalue weighted by Crippen LogP contribution is -2.33. The number of hydrogen-bond donors (Lipinski definition) is 1. The molecule has 0 radical (unpaired) electrons. The van der Waals surface area contributed by atoms with Gasteiger partial charge in [0.2, 0.25) is 5.91 Å². The van der Waals surface area contributed by atoms with Gasteiger partial charge in [-0.3, -0.25) is 9.59 Å². The van der Waals surface area contributed by atoms with Gasteiger partial charge in [-0.25, -0.2) is 4.98 Å². The fourth-order valence-corrected chi connectivity index (χ4v) is 3.48. The number of nitrogens with one attached hydrogen (secondary N) is 1. The Bertz CT molecular complexity index is 817. The summed E-state index contributed by atoms with van der Waals surface area (Å²) in [7, 11) is 1.59. The molecule has 0 bridgehead atoms. The molecule has 0 aliphatic carbocycles. The van der Waals surface area contributed by atoms with Gasteiger partial charge in [0, 0.05) is 31.3 Å². The molecule has 2 heterocycles. The molecule has 1 saturated heterocycles. The number of amides is 1. The summed E-state index contributed by atoms with van der Waals surface area (Å²) in [6, 6.07) is 9.72. The number of ether oxygens (including phenoxy) is 1. The van der Waals surface area contributed by atoms with Crippen molar-refractivity contribution in [2.24, 2.45) is 0 Å². The van der Waals surface area contributed by atoms with Crippen LogP contribution in [0.15, 0.2) is 35.1 Å². The number of nitrogens with zero attached hydrogens (tertiary/aromatic N) is 2. The van der Waals surface area contributed by atoms with Crippen LogP contribution in [0.25, 0.3) is 0 Å². The summed E-state index contributed by atoms with van der Waals surface area (Å²) in [5, 5.41) is 0. The van der Waals surface area contributed by atoms with Crippen LogP contribution in [-0.2, 0) is 16.0 Å². The summed E-state index contributed by atoms with van der Waals surface area (Å²) in [5.41, 5.74) is 2.36. The maximum atomic E-state index is 12.7. The van der Waals surface area contributed by atoms with Crippen molar-refractivity contribution in [2.75, 3.05) is 20.3 Å². The lowest BCUT2D eigenvalue weighted by molar-refractivity contribution is -0.133. The Hall–Kier alpha value is -2.47. The maximum Gasteiger partial charge on any atom is 0.254 e. The van der Waals surface area contributed by atoms with Crippen LogP contribution in [0, 0.1) is 6.92 Å². The molecule has 138 valence electrons. The third-order valence-corrected chi connectivity index (χ3v) is 4.87. The molecule has 1 N–H and O–H groups in total. The van der Waals surface area contributed by atoms with Gasteiger partial charge in [0.15, 0.2) is 0 Å². The third-order valence-electron chi connectivity index (χ3n) is 4.87. The molecule has 0 saturated carbocycles. The lowest BCUT2D eigenvalue weighted by Gasteiger charge is -2.24. The quantitative estimate of drug-likeness (QED) is 0.863. The number of rotatable bonds is 6. The standard InChI is InChI=1S/C20H25N3O3/c1-14-16(13-15-7-4-3-5-8-15)20(25)22-19(21-14)17-9-6-11-23(17)18(24)10-12-26-2/h3-5,7-8,17H,6,9-13H2,1-2H3,(H,21,22,25). The first kappa shape index (κ1) is 18.3. The van der Waals surface area contributed by atoms with E-state index in [4.69, 9.17) is 4.74 Å². The van der Waals surface area contributed by atoms with Crippen LogP contribution >= 0.6 is 0 Å². The van der Waals surface area contributed by atoms with Gasteiger partial charge in [0.25, 0.3) is 5.56 Å². The summed E-state index contributed by atoms with van der Waals surface area (Å²) in [6.07, 6.45) is 2.63. The highest BCUT2D eigenvalue weighted by Gasteiger charge is 2.31. The number of aromatic nitrogens is 2. The maximum absolute atomic E-state index is 12.7. The van der Waals surface area contributed by atoms with Gasteiger partial charge in [-0.1, -0.05) is 30.3 Å². The number of methoxy groups -OCH3 is 1. The minimum absolute atomic E-state index is 0.0445. The van der Waals surface area contributed by atoms with Crippen molar-refractivity contribution in [2.45, 2.75) is 38.6 Å². The van der Waals surface area contributed by atoms with E-state index >= 15 is 0 Å². The van der Waals surface area contributed by atoms with E-state index in [-0.39, 0.29) is 17.5 Å². The van der Waals surface area contributed by atoms with Gasteiger partial charge in [0.05, 0.1) is 19.1 Å². The van der Waals surface area contributed by atoms with E-state index < -0.39 is 0 Å². The first-order valence-corrected chi connectivity index (χ1v) is 9.02. The van der Waals surface area contributed by atoms with E-state index in [9.17, 15) is 9.59 Å². The van der Waals surface area contributed by atoms with Gasteiger partial charge in [0.1, 0.15) is 5.82 Å². The zero-order valence-corrected chi connectivity index (χ0v) is 15.3. The number of benzene rings is 1. The molecule has 1 unspecified atom stereocenters. The summed E-state index contributed by atoms with van der Waals surface area (Å²) in [6.45, 7) is 2.96. The Kier molecular flexibility index (Phi) is 5.83. The Morgan fingerprint density at radius 1 is 1.35 bits per heavy atom. The van der Waals surface area contributed by atoms with Crippen LogP contribution in [0.2, 0.25) is 0 Å². The summed E-state index contributed by atoms with van der Waals surface area (Å²) in [4.78, 5) is 34.4. The lowest BCUT2D eigenvalue weighted by atomic mass is 10.0. The van der Waals surface area contributed by atoms with Gasteiger partial charge in [-0.15, -0.1) is 0 Å². The van der Waals surface area contributed by atoms with Crippen molar-refractivity contribution in [1.29, 1.82) is 0 Å². The topological polar surface area (TPSA) is 75.3 Å². The molecule has 1 aliphatic heterocycles. The molecule has 0 spiro atoms. The van der Waals surface area contributed by atoms with Crippen molar-refractivity contribution in [3.05, 3.63) is 63.3 Å². The van der Waals surface area contributed by atoms with Crippen molar-refractivity contribution in [1.82, 2.24) is 14.9 Å². The highest BCUT2D eigenvalue weighted by Crippen LogP contribution is 2.30. The van der Waals surface area contributed by atoms with E-state index in [1.165, 1.54) is 0 Å². The fraction of sp³-hybridized carbons (Fsp3) is 0.450.